The average Bonchev–Trinajstić information content (AvgIpc) is 2.66. The van der Waals surface area contributed by atoms with Gasteiger partial charge in [-0.1, -0.05) is 0 Å². The van der Waals surface area contributed by atoms with Crippen LogP contribution in [0.5, 0.6) is 11.5 Å². The average molecular weight is 344 g/mol. The Kier molecular flexibility index (Phi) is 6.39. The van der Waals surface area contributed by atoms with Gasteiger partial charge in [-0.2, -0.15) is 0 Å². The molecule has 0 radical (unpaired) electrons. The Morgan fingerprint density at radius 1 is 0.800 bits per heavy atom. The van der Waals surface area contributed by atoms with Crippen molar-refractivity contribution in [1.82, 2.24) is 0 Å². The van der Waals surface area contributed by atoms with Crippen molar-refractivity contribution in [3.63, 3.8) is 0 Å². The predicted molar refractivity (Wildman–Crippen MR) is 91.1 cm³/mol. The summed E-state index contributed by atoms with van der Waals surface area (Å²) in [7, 11) is 3.10. The van der Waals surface area contributed by atoms with Gasteiger partial charge in [-0.3, -0.25) is 0 Å². The molecule has 0 saturated carbocycles. The van der Waals surface area contributed by atoms with E-state index in [-0.39, 0.29) is 6.61 Å². The first kappa shape index (κ1) is 18.3. The molecule has 0 saturated heterocycles. The van der Waals surface area contributed by atoms with Gasteiger partial charge in [-0.15, -0.1) is 0 Å². The van der Waals surface area contributed by atoms with E-state index in [9.17, 15) is 9.59 Å². The standard InChI is InChI=1S/C19H20O6/c1-13(25-19(21)15-6-10-17(23-3)11-7-15)12-24-18(20)14-4-8-16(22-2)9-5-14/h4-11,13H,12H2,1-3H3. The number of benzene rings is 2. The minimum absolute atomic E-state index is 0.0350. The topological polar surface area (TPSA) is 71.1 Å². The molecule has 0 spiro atoms. The van der Waals surface area contributed by atoms with E-state index >= 15 is 0 Å². The Hall–Kier alpha value is -3.02. The summed E-state index contributed by atoms with van der Waals surface area (Å²) in [5, 5.41) is 0. The molecule has 0 N–H and O–H groups in total. The molecule has 0 heterocycles. The van der Waals surface area contributed by atoms with Crippen molar-refractivity contribution >= 4 is 11.9 Å². The summed E-state index contributed by atoms with van der Waals surface area (Å²) in [5.41, 5.74) is 0.795. The van der Waals surface area contributed by atoms with Crippen molar-refractivity contribution in [3.8, 4) is 11.5 Å². The smallest absolute Gasteiger partial charge is 0.338 e. The van der Waals surface area contributed by atoms with Crippen LogP contribution in [0, 0.1) is 0 Å². The number of esters is 2. The molecular formula is C19H20O6. The third-order valence-electron chi connectivity index (χ3n) is 3.41. The number of carbonyl (C=O) groups excluding carboxylic acids is 2. The highest BCUT2D eigenvalue weighted by molar-refractivity contribution is 5.90. The Labute approximate surface area is 146 Å². The Morgan fingerprint density at radius 3 is 1.68 bits per heavy atom. The van der Waals surface area contributed by atoms with Crippen molar-refractivity contribution in [3.05, 3.63) is 59.7 Å². The molecule has 1 atom stereocenters. The fraction of sp³-hybridized carbons (Fsp3) is 0.263. The van der Waals surface area contributed by atoms with E-state index in [1.165, 1.54) is 0 Å². The molecule has 0 fully saturated rings. The molecule has 0 aromatic heterocycles. The third kappa shape index (κ3) is 5.24. The molecular weight excluding hydrogens is 324 g/mol. The summed E-state index contributed by atoms with van der Waals surface area (Å²) in [5.74, 6) is 0.321. The molecule has 6 nitrogen and oxygen atoms in total. The maximum atomic E-state index is 12.0. The van der Waals surface area contributed by atoms with Crippen molar-refractivity contribution in [2.24, 2.45) is 0 Å². The molecule has 2 aromatic rings. The van der Waals surface area contributed by atoms with Gasteiger partial charge in [-0.05, 0) is 55.5 Å². The van der Waals surface area contributed by atoms with Crippen molar-refractivity contribution in [2.75, 3.05) is 20.8 Å². The molecule has 0 amide bonds. The van der Waals surface area contributed by atoms with Crippen LogP contribution in [0.4, 0.5) is 0 Å². The lowest BCUT2D eigenvalue weighted by Gasteiger charge is -2.14. The molecule has 1 unspecified atom stereocenters. The zero-order valence-corrected chi connectivity index (χ0v) is 14.4. The molecule has 0 bridgehead atoms. The molecule has 0 aliphatic carbocycles. The van der Waals surface area contributed by atoms with Crippen LogP contribution in [0.25, 0.3) is 0 Å². The van der Waals surface area contributed by atoms with E-state index in [4.69, 9.17) is 18.9 Å². The molecule has 6 heteroatoms. The predicted octanol–water partition coefficient (Wildman–Crippen LogP) is 3.11. The number of ether oxygens (including phenoxy) is 4. The van der Waals surface area contributed by atoms with Gasteiger partial charge in [0.2, 0.25) is 0 Å². The first-order valence-electron chi connectivity index (χ1n) is 7.69. The highest BCUT2D eigenvalue weighted by Gasteiger charge is 2.15. The minimum Gasteiger partial charge on any atom is -0.497 e. The number of carbonyl (C=O) groups is 2. The number of rotatable bonds is 7. The lowest BCUT2D eigenvalue weighted by Crippen LogP contribution is -2.22. The number of methoxy groups -OCH3 is 2. The van der Waals surface area contributed by atoms with Gasteiger partial charge in [0.25, 0.3) is 0 Å². The molecule has 25 heavy (non-hydrogen) atoms. The third-order valence-corrected chi connectivity index (χ3v) is 3.41. The molecule has 2 aromatic carbocycles. The maximum absolute atomic E-state index is 12.0. The van der Waals surface area contributed by atoms with Crippen LogP contribution in [-0.2, 0) is 9.47 Å². The van der Waals surface area contributed by atoms with E-state index < -0.39 is 18.0 Å². The van der Waals surface area contributed by atoms with Crippen LogP contribution in [0.15, 0.2) is 48.5 Å². The summed E-state index contributed by atoms with van der Waals surface area (Å²) in [6.07, 6.45) is -0.572. The fourth-order valence-corrected chi connectivity index (χ4v) is 2.02. The van der Waals surface area contributed by atoms with Crippen LogP contribution < -0.4 is 9.47 Å². The zero-order chi connectivity index (χ0) is 18.2. The maximum Gasteiger partial charge on any atom is 0.338 e. The van der Waals surface area contributed by atoms with Gasteiger partial charge in [0.05, 0.1) is 25.3 Å². The van der Waals surface area contributed by atoms with Crippen molar-refractivity contribution in [2.45, 2.75) is 13.0 Å². The van der Waals surface area contributed by atoms with Crippen LogP contribution in [0.2, 0.25) is 0 Å². The van der Waals surface area contributed by atoms with Crippen LogP contribution in [0.3, 0.4) is 0 Å². The molecule has 132 valence electrons. The summed E-state index contributed by atoms with van der Waals surface area (Å²) < 4.78 is 20.5. The van der Waals surface area contributed by atoms with Crippen LogP contribution in [0.1, 0.15) is 27.6 Å². The summed E-state index contributed by atoms with van der Waals surface area (Å²) >= 11 is 0. The fourth-order valence-electron chi connectivity index (χ4n) is 2.02. The lowest BCUT2D eigenvalue weighted by atomic mass is 10.2. The second-order valence-electron chi connectivity index (χ2n) is 5.27. The first-order valence-corrected chi connectivity index (χ1v) is 7.69. The van der Waals surface area contributed by atoms with E-state index in [0.29, 0.717) is 22.6 Å². The largest absolute Gasteiger partial charge is 0.497 e. The van der Waals surface area contributed by atoms with Gasteiger partial charge in [0, 0.05) is 0 Å². The number of hydrogen-bond donors (Lipinski definition) is 0. The summed E-state index contributed by atoms with van der Waals surface area (Å²) in [6, 6.07) is 13.1. The summed E-state index contributed by atoms with van der Waals surface area (Å²) in [6.45, 7) is 1.62. The van der Waals surface area contributed by atoms with Crippen LogP contribution in [-0.4, -0.2) is 38.9 Å². The zero-order valence-electron chi connectivity index (χ0n) is 14.4. The minimum atomic E-state index is -0.572. The van der Waals surface area contributed by atoms with E-state index in [2.05, 4.69) is 0 Å². The number of hydrogen-bond acceptors (Lipinski definition) is 6. The monoisotopic (exact) mass is 344 g/mol. The highest BCUT2D eigenvalue weighted by atomic mass is 16.6. The van der Waals surface area contributed by atoms with E-state index in [0.717, 1.165) is 0 Å². The summed E-state index contributed by atoms with van der Waals surface area (Å²) in [4.78, 5) is 24.0. The highest BCUT2D eigenvalue weighted by Crippen LogP contribution is 2.14. The molecule has 2 rings (SSSR count). The first-order chi connectivity index (χ1) is 12.0. The Morgan fingerprint density at radius 2 is 1.24 bits per heavy atom. The van der Waals surface area contributed by atoms with Gasteiger partial charge >= 0.3 is 11.9 Å². The lowest BCUT2D eigenvalue weighted by molar-refractivity contribution is 0.00447. The van der Waals surface area contributed by atoms with Crippen LogP contribution >= 0.6 is 0 Å². The van der Waals surface area contributed by atoms with Crippen molar-refractivity contribution in [1.29, 1.82) is 0 Å². The van der Waals surface area contributed by atoms with E-state index in [1.807, 2.05) is 0 Å². The van der Waals surface area contributed by atoms with Gasteiger partial charge in [0.1, 0.15) is 24.2 Å². The Bertz CT molecular complexity index is 706. The SMILES string of the molecule is COc1ccc(C(=O)OCC(C)OC(=O)c2ccc(OC)cc2)cc1. The second kappa shape index (κ2) is 8.73. The Balaban J connectivity index is 1.83. The van der Waals surface area contributed by atoms with Gasteiger partial charge < -0.3 is 18.9 Å². The quantitative estimate of drug-likeness (QED) is 0.719. The molecule has 0 aliphatic rings. The van der Waals surface area contributed by atoms with Gasteiger partial charge in [0.15, 0.2) is 0 Å². The second-order valence-corrected chi connectivity index (χ2v) is 5.27. The van der Waals surface area contributed by atoms with Gasteiger partial charge in [-0.25, -0.2) is 9.59 Å². The van der Waals surface area contributed by atoms with E-state index in [1.54, 1.807) is 69.7 Å². The van der Waals surface area contributed by atoms with Crippen molar-refractivity contribution < 1.29 is 28.5 Å². The molecule has 0 aliphatic heterocycles. The normalized spacial score (nSPS) is 11.3.